The number of benzene rings is 1. The Hall–Kier alpha value is -1.68. The van der Waals surface area contributed by atoms with Crippen LogP contribution in [0.2, 0.25) is 0 Å². The zero-order valence-corrected chi connectivity index (χ0v) is 14.9. The summed E-state index contributed by atoms with van der Waals surface area (Å²) in [4.78, 5) is 6.68. The van der Waals surface area contributed by atoms with Gasteiger partial charge in [0.1, 0.15) is 22.4 Å². The molecule has 1 aromatic carbocycles. The van der Waals surface area contributed by atoms with Gasteiger partial charge in [0.15, 0.2) is 0 Å². The molecule has 0 radical (unpaired) electrons. The molecule has 1 fully saturated rings. The minimum Gasteiger partial charge on any atom is -0.509 e. The van der Waals surface area contributed by atoms with Crippen molar-refractivity contribution in [3.63, 3.8) is 0 Å². The summed E-state index contributed by atoms with van der Waals surface area (Å²) in [6, 6.07) is 9.98. The number of aliphatic hydroxyl groups is 1. The van der Waals surface area contributed by atoms with Gasteiger partial charge >= 0.3 is 0 Å². The maximum Gasteiger partial charge on any atom is 0.138 e. The first kappa shape index (κ1) is 16.2. The molecule has 0 aliphatic carbocycles. The largest absolute Gasteiger partial charge is 0.509 e. The first-order valence-corrected chi connectivity index (χ1v) is 9.11. The van der Waals surface area contributed by atoms with E-state index < -0.39 is 0 Å². The highest BCUT2D eigenvalue weighted by Crippen LogP contribution is 2.28. The first-order valence-electron chi connectivity index (χ1n) is 7.44. The molecular weight excluding hydrogens is 374 g/mol. The molecule has 0 spiro atoms. The Morgan fingerprint density at radius 2 is 2.00 bits per heavy atom. The van der Waals surface area contributed by atoms with Crippen LogP contribution in [-0.2, 0) is 0 Å². The summed E-state index contributed by atoms with van der Waals surface area (Å²) in [7, 11) is 0. The Morgan fingerprint density at radius 1 is 1.30 bits per heavy atom. The van der Waals surface area contributed by atoms with Gasteiger partial charge in [-0.25, -0.2) is 4.98 Å². The lowest BCUT2D eigenvalue weighted by Crippen LogP contribution is -2.22. The van der Waals surface area contributed by atoms with Gasteiger partial charge < -0.3 is 5.11 Å². The summed E-state index contributed by atoms with van der Waals surface area (Å²) in [5.41, 5.74) is 2.09. The van der Waals surface area contributed by atoms with Crippen molar-refractivity contribution in [3.05, 3.63) is 44.9 Å². The van der Waals surface area contributed by atoms with Crippen molar-refractivity contribution in [2.45, 2.75) is 12.8 Å². The number of nitrogens with zero attached hydrogens (tertiary/aromatic N) is 3. The number of thiazole rings is 1. The molecule has 6 heteroatoms. The van der Waals surface area contributed by atoms with Crippen LogP contribution >= 0.6 is 27.3 Å². The third-order valence-electron chi connectivity index (χ3n) is 3.83. The number of likely N-dealkylation sites (tertiary alicyclic amines) is 1. The Balaban J connectivity index is 1.84. The molecule has 0 bridgehead atoms. The van der Waals surface area contributed by atoms with Crippen LogP contribution in [0.25, 0.3) is 16.8 Å². The third-order valence-corrected chi connectivity index (χ3v) is 5.22. The zero-order chi connectivity index (χ0) is 16.2. The van der Waals surface area contributed by atoms with Crippen molar-refractivity contribution >= 4 is 32.8 Å². The van der Waals surface area contributed by atoms with E-state index in [9.17, 15) is 10.4 Å². The molecule has 118 valence electrons. The van der Waals surface area contributed by atoms with Gasteiger partial charge in [0, 0.05) is 15.4 Å². The predicted molar refractivity (Wildman–Crippen MR) is 96.1 cm³/mol. The number of halogens is 1. The quantitative estimate of drug-likeness (QED) is 0.619. The van der Waals surface area contributed by atoms with E-state index in [4.69, 9.17) is 0 Å². The van der Waals surface area contributed by atoms with Crippen LogP contribution in [0.3, 0.4) is 0 Å². The molecule has 2 aromatic rings. The van der Waals surface area contributed by atoms with Gasteiger partial charge in [0.2, 0.25) is 0 Å². The van der Waals surface area contributed by atoms with Crippen molar-refractivity contribution < 1.29 is 5.11 Å². The van der Waals surface area contributed by atoms with E-state index in [0.29, 0.717) is 11.6 Å². The topological polar surface area (TPSA) is 60.1 Å². The number of aliphatic hydroxyl groups excluding tert-OH is 1. The zero-order valence-electron chi connectivity index (χ0n) is 12.5. The van der Waals surface area contributed by atoms with Crippen LogP contribution < -0.4 is 0 Å². The van der Waals surface area contributed by atoms with Crippen LogP contribution in [0.1, 0.15) is 17.8 Å². The molecule has 0 atom stereocenters. The molecule has 0 unspecified atom stereocenters. The minimum absolute atomic E-state index is 0.117. The highest BCUT2D eigenvalue weighted by Gasteiger charge is 2.18. The van der Waals surface area contributed by atoms with Crippen LogP contribution in [-0.4, -0.2) is 34.6 Å². The minimum atomic E-state index is 0.117. The average molecular weight is 390 g/mol. The van der Waals surface area contributed by atoms with Crippen molar-refractivity contribution in [3.8, 4) is 17.3 Å². The first-order chi connectivity index (χ1) is 11.2. The van der Waals surface area contributed by atoms with Crippen molar-refractivity contribution in [2.75, 3.05) is 19.6 Å². The van der Waals surface area contributed by atoms with E-state index >= 15 is 0 Å². The highest BCUT2D eigenvalue weighted by molar-refractivity contribution is 9.10. The fourth-order valence-corrected chi connectivity index (χ4v) is 3.72. The smallest absolute Gasteiger partial charge is 0.138 e. The molecule has 1 aliphatic heterocycles. The third kappa shape index (κ3) is 3.81. The lowest BCUT2D eigenvalue weighted by molar-refractivity contribution is 0.293. The molecule has 1 saturated heterocycles. The molecule has 1 aromatic heterocycles. The van der Waals surface area contributed by atoms with Gasteiger partial charge in [-0.1, -0.05) is 28.1 Å². The van der Waals surface area contributed by atoms with E-state index in [1.807, 2.05) is 29.6 Å². The predicted octanol–water partition coefficient (Wildman–Crippen LogP) is 4.46. The lowest BCUT2D eigenvalue weighted by Gasteiger charge is -2.14. The molecule has 0 saturated carbocycles. The summed E-state index contributed by atoms with van der Waals surface area (Å²) < 4.78 is 1.01. The highest BCUT2D eigenvalue weighted by atomic mass is 79.9. The summed E-state index contributed by atoms with van der Waals surface area (Å²) in [5.74, 6) is 0.117. The number of rotatable bonds is 4. The Kier molecular flexibility index (Phi) is 5.11. The average Bonchev–Trinajstić information content (AvgIpc) is 3.21. The second-order valence-corrected chi connectivity index (χ2v) is 7.24. The van der Waals surface area contributed by atoms with Gasteiger partial charge in [0.05, 0.1) is 12.2 Å². The van der Waals surface area contributed by atoms with Crippen molar-refractivity contribution in [1.29, 1.82) is 5.26 Å². The number of hydrogen-bond donors (Lipinski definition) is 1. The van der Waals surface area contributed by atoms with Crippen LogP contribution in [0, 0.1) is 11.3 Å². The van der Waals surface area contributed by atoms with Gasteiger partial charge in [0.25, 0.3) is 0 Å². The van der Waals surface area contributed by atoms with Gasteiger partial charge in [-0.05, 0) is 38.1 Å². The molecular formula is C17H16BrN3OS. The molecule has 23 heavy (non-hydrogen) atoms. The molecule has 1 N–H and O–H groups in total. The summed E-state index contributed by atoms with van der Waals surface area (Å²) in [5, 5.41) is 22.2. The maximum atomic E-state index is 10.3. The summed E-state index contributed by atoms with van der Waals surface area (Å²) in [6.07, 6.45) is 2.31. The number of nitriles is 1. The van der Waals surface area contributed by atoms with E-state index in [-0.39, 0.29) is 11.3 Å². The maximum absolute atomic E-state index is 10.3. The lowest BCUT2D eigenvalue weighted by atomic mass is 10.2. The van der Waals surface area contributed by atoms with Gasteiger partial charge in [-0.15, -0.1) is 11.3 Å². The molecule has 2 heterocycles. The standard InChI is InChI=1S/C17H16BrN3OS/c18-13-5-3-12(4-6-13)15-11-23-17(20-15)14(9-19)16(22)10-21-7-1-2-8-21/h3-6,11,22H,1-2,7-8,10H2/b16-14-. The molecule has 0 amide bonds. The van der Waals surface area contributed by atoms with Gasteiger partial charge in [-0.2, -0.15) is 5.26 Å². The van der Waals surface area contributed by atoms with E-state index in [1.165, 1.54) is 11.3 Å². The van der Waals surface area contributed by atoms with Crippen LogP contribution in [0.15, 0.2) is 39.9 Å². The van der Waals surface area contributed by atoms with Gasteiger partial charge in [-0.3, -0.25) is 4.90 Å². The Morgan fingerprint density at radius 3 is 2.65 bits per heavy atom. The number of hydrogen-bond acceptors (Lipinski definition) is 5. The Bertz CT molecular complexity index is 755. The fraction of sp³-hybridized carbons (Fsp3) is 0.294. The molecule has 4 nitrogen and oxygen atoms in total. The molecule has 3 rings (SSSR count). The van der Waals surface area contributed by atoms with Crippen molar-refractivity contribution in [1.82, 2.24) is 9.88 Å². The number of aromatic nitrogens is 1. The summed E-state index contributed by atoms with van der Waals surface area (Å²) in [6.45, 7) is 2.38. The normalized spacial score (nSPS) is 16.2. The van der Waals surface area contributed by atoms with E-state index in [2.05, 4.69) is 31.9 Å². The van der Waals surface area contributed by atoms with E-state index in [1.54, 1.807) is 0 Å². The molecule has 1 aliphatic rings. The monoisotopic (exact) mass is 389 g/mol. The second kappa shape index (κ2) is 7.26. The van der Waals surface area contributed by atoms with Crippen molar-refractivity contribution in [2.24, 2.45) is 0 Å². The Labute approximate surface area is 147 Å². The number of allylic oxidation sites excluding steroid dienone is 1. The second-order valence-electron chi connectivity index (χ2n) is 5.46. The SMILES string of the molecule is N#C/C(=C(/O)CN1CCCC1)c1nc(-c2ccc(Br)cc2)cs1. The van der Waals surface area contributed by atoms with Crippen LogP contribution in [0.4, 0.5) is 0 Å². The van der Waals surface area contributed by atoms with Crippen LogP contribution in [0.5, 0.6) is 0 Å². The fourth-order valence-electron chi connectivity index (χ4n) is 2.61. The van der Waals surface area contributed by atoms with E-state index in [0.717, 1.165) is 41.7 Å². The summed E-state index contributed by atoms with van der Waals surface area (Å²) >= 11 is 4.80.